The maximum absolute atomic E-state index is 12.3. The van der Waals surface area contributed by atoms with Gasteiger partial charge in [0.1, 0.15) is 5.75 Å². The van der Waals surface area contributed by atoms with Gasteiger partial charge in [-0.05, 0) is 37.0 Å². The molecule has 0 saturated carbocycles. The average Bonchev–Trinajstić information content (AvgIpc) is 2.44. The second-order valence-electron chi connectivity index (χ2n) is 6.18. The first-order valence-electron chi connectivity index (χ1n) is 7.72. The molecule has 1 amide bonds. The molecule has 1 aliphatic heterocycles. The van der Waals surface area contributed by atoms with Crippen LogP contribution in [0.2, 0.25) is 0 Å². The molecule has 1 unspecified atom stereocenters. The van der Waals surface area contributed by atoms with Crippen LogP contribution >= 0.6 is 12.4 Å². The summed E-state index contributed by atoms with van der Waals surface area (Å²) in [7, 11) is 0. The Kier molecular flexibility index (Phi) is 7.17. The van der Waals surface area contributed by atoms with Crippen LogP contribution in [-0.2, 0) is 4.79 Å². The number of nitrogens with one attached hydrogen (secondary N) is 1. The average molecular weight is 327 g/mol. The number of amides is 1. The summed E-state index contributed by atoms with van der Waals surface area (Å²) in [5, 5.41) is 3.34. The summed E-state index contributed by atoms with van der Waals surface area (Å²) >= 11 is 0. The van der Waals surface area contributed by atoms with Crippen LogP contribution in [0.3, 0.4) is 0 Å². The Balaban J connectivity index is 0.00000242. The number of hydrogen-bond donors (Lipinski definition) is 1. The highest BCUT2D eigenvalue weighted by molar-refractivity contribution is 5.85. The van der Waals surface area contributed by atoms with E-state index >= 15 is 0 Å². The lowest BCUT2D eigenvalue weighted by Gasteiger charge is -2.31. The van der Waals surface area contributed by atoms with Crippen molar-refractivity contribution in [2.45, 2.75) is 39.7 Å². The number of rotatable bonds is 4. The maximum atomic E-state index is 12.3. The van der Waals surface area contributed by atoms with Gasteiger partial charge in [0, 0.05) is 25.7 Å². The topological polar surface area (TPSA) is 41.6 Å². The third-order valence-electron chi connectivity index (χ3n) is 3.86. The lowest BCUT2D eigenvalue weighted by atomic mass is 10.0. The number of carbonyl (C=O) groups is 1. The Morgan fingerprint density at radius 3 is 2.82 bits per heavy atom. The quantitative estimate of drug-likeness (QED) is 0.925. The molecule has 1 aromatic carbocycles. The van der Waals surface area contributed by atoms with Gasteiger partial charge in [-0.3, -0.25) is 4.79 Å². The van der Waals surface area contributed by atoms with E-state index in [1.54, 1.807) is 0 Å². The molecule has 1 heterocycles. The molecular weight excluding hydrogens is 300 g/mol. The van der Waals surface area contributed by atoms with Crippen LogP contribution in [0.25, 0.3) is 0 Å². The van der Waals surface area contributed by atoms with Crippen LogP contribution < -0.4 is 10.1 Å². The van der Waals surface area contributed by atoms with Crippen molar-refractivity contribution in [3.8, 4) is 5.75 Å². The molecule has 22 heavy (non-hydrogen) atoms. The number of carbonyl (C=O) groups excluding carboxylic acids is 1. The van der Waals surface area contributed by atoms with Crippen molar-refractivity contribution in [3.63, 3.8) is 0 Å². The summed E-state index contributed by atoms with van der Waals surface area (Å²) in [6.07, 6.45) is 0. The van der Waals surface area contributed by atoms with E-state index in [2.05, 4.69) is 38.2 Å². The molecule has 0 spiro atoms. The van der Waals surface area contributed by atoms with E-state index in [1.807, 2.05) is 17.9 Å². The van der Waals surface area contributed by atoms with E-state index in [1.165, 1.54) is 0 Å². The first-order valence-corrected chi connectivity index (χ1v) is 7.72. The monoisotopic (exact) mass is 326 g/mol. The zero-order valence-electron chi connectivity index (χ0n) is 13.9. The van der Waals surface area contributed by atoms with Gasteiger partial charge in [-0.25, -0.2) is 0 Å². The number of ether oxygens (including phenoxy) is 1. The van der Waals surface area contributed by atoms with Gasteiger partial charge >= 0.3 is 0 Å². The molecule has 1 atom stereocenters. The predicted molar refractivity (Wildman–Crippen MR) is 92.1 cm³/mol. The first kappa shape index (κ1) is 18.8. The van der Waals surface area contributed by atoms with Crippen LogP contribution in [0.4, 0.5) is 0 Å². The summed E-state index contributed by atoms with van der Waals surface area (Å²) < 4.78 is 5.82. The van der Waals surface area contributed by atoms with Crippen LogP contribution in [0, 0.1) is 6.92 Å². The Hall–Kier alpha value is -1.26. The third kappa shape index (κ3) is 4.89. The highest BCUT2D eigenvalue weighted by atomic mass is 35.5. The van der Waals surface area contributed by atoms with E-state index < -0.39 is 0 Å². The minimum atomic E-state index is 0. The zero-order valence-corrected chi connectivity index (χ0v) is 14.7. The normalized spacial score (nSPS) is 18.0. The smallest absolute Gasteiger partial charge is 0.260 e. The fraction of sp³-hybridized carbons (Fsp3) is 0.588. The number of piperazine rings is 1. The number of nitrogens with zero attached hydrogens (tertiary/aromatic N) is 1. The molecule has 5 heteroatoms. The summed E-state index contributed by atoms with van der Waals surface area (Å²) in [5.41, 5.74) is 2.31. The second kappa shape index (κ2) is 8.39. The van der Waals surface area contributed by atoms with Crippen LogP contribution in [0.1, 0.15) is 37.8 Å². The van der Waals surface area contributed by atoms with Gasteiger partial charge in [0.2, 0.25) is 0 Å². The van der Waals surface area contributed by atoms with Gasteiger partial charge in [-0.15, -0.1) is 12.4 Å². The maximum Gasteiger partial charge on any atom is 0.260 e. The molecule has 0 aliphatic carbocycles. The van der Waals surface area contributed by atoms with Gasteiger partial charge in [-0.1, -0.05) is 26.0 Å². The molecule has 0 bridgehead atoms. The number of aryl methyl sites for hydroxylation is 1. The van der Waals surface area contributed by atoms with Crippen molar-refractivity contribution < 1.29 is 9.53 Å². The highest BCUT2D eigenvalue weighted by Crippen LogP contribution is 2.27. The van der Waals surface area contributed by atoms with E-state index in [4.69, 9.17) is 4.74 Å². The fourth-order valence-electron chi connectivity index (χ4n) is 2.63. The Labute approximate surface area is 139 Å². The van der Waals surface area contributed by atoms with Gasteiger partial charge in [0.15, 0.2) is 6.61 Å². The summed E-state index contributed by atoms with van der Waals surface area (Å²) in [4.78, 5) is 14.1. The SMILES string of the molecule is Cc1ccc(C(C)C)c(OCC(=O)N2CCNC(C)C2)c1.Cl. The van der Waals surface area contributed by atoms with Gasteiger partial charge in [0.25, 0.3) is 5.91 Å². The highest BCUT2D eigenvalue weighted by Gasteiger charge is 2.21. The Morgan fingerprint density at radius 1 is 1.45 bits per heavy atom. The summed E-state index contributed by atoms with van der Waals surface area (Å²) in [5.74, 6) is 1.29. The Morgan fingerprint density at radius 2 is 2.18 bits per heavy atom. The van der Waals surface area contributed by atoms with E-state index in [0.29, 0.717) is 12.0 Å². The molecule has 4 nitrogen and oxygen atoms in total. The zero-order chi connectivity index (χ0) is 15.4. The molecule has 2 rings (SSSR count). The van der Waals surface area contributed by atoms with Crippen LogP contribution in [-0.4, -0.2) is 43.1 Å². The van der Waals surface area contributed by atoms with Gasteiger partial charge < -0.3 is 15.0 Å². The standard InChI is InChI=1S/C17H26N2O2.ClH/c1-12(2)15-6-5-13(3)9-16(15)21-11-17(20)19-8-7-18-14(4)10-19;/h5-6,9,12,14,18H,7-8,10-11H2,1-4H3;1H. The minimum absolute atomic E-state index is 0. The van der Waals surface area contributed by atoms with Gasteiger partial charge in [-0.2, -0.15) is 0 Å². The van der Waals surface area contributed by atoms with Crippen molar-refractivity contribution in [1.82, 2.24) is 10.2 Å². The lowest BCUT2D eigenvalue weighted by Crippen LogP contribution is -2.52. The summed E-state index contributed by atoms with van der Waals surface area (Å²) in [6, 6.07) is 6.55. The number of benzene rings is 1. The van der Waals surface area contributed by atoms with E-state index in [-0.39, 0.29) is 24.9 Å². The fourth-order valence-corrected chi connectivity index (χ4v) is 2.63. The van der Waals surface area contributed by atoms with Crippen molar-refractivity contribution in [2.24, 2.45) is 0 Å². The van der Waals surface area contributed by atoms with Crippen LogP contribution in [0.5, 0.6) is 5.75 Å². The van der Waals surface area contributed by atoms with E-state index in [0.717, 1.165) is 36.5 Å². The van der Waals surface area contributed by atoms with Crippen molar-refractivity contribution in [1.29, 1.82) is 0 Å². The van der Waals surface area contributed by atoms with Crippen LogP contribution in [0.15, 0.2) is 18.2 Å². The first-order chi connectivity index (χ1) is 9.97. The molecule has 1 saturated heterocycles. The van der Waals surface area contributed by atoms with Crippen molar-refractivity contribution in [3.05, 3.63) is 29.3 Å². The molecule has 1 fully saturated rings. The molecule has 1 aliphatic rings. The molecule has 124 valence electrons. The lowest BCUT2D eigenvalue weighted by molar-refractivity contribution is -0.134. The van der Waals surface area contributed by atoms with E-state index in [9.17, 15) is 4.79 Å². The van der Waals surface area contributed by atoms with Gasteiger partial charge in [0.05, 0.1) is 0 Å². The molecule has 0 radical (unpaired) electrons. The number of hydrogen-bond acceptors (Lipinski definition) is 3. The predicted octanol–water partition coefficient (Wildman–Crippen LogP) is 2.74. The molecule has 1 N–H and O–H groups in total. The number of halogens is 1. The minimum Gasteiger partial charge on any atom is -0.483 e. The molecule has 0 aromatic heterocycles. The second-order valence-corrected chi connectivity index (χ2v) is 6.18. The summed E-state index contributed by atoms with van der Waals surface area (Å²) in [6.45, 7) is 10.9. The third-order valence-corrected chi connectivity index (χ3v) is 3.86. The van der Waals surface area contributed by atoms with Crippen molar-refractivity contribution >= 4 is 18.3 Å². The Bertz CT molecular complexity index is 505. The molecular formula is C17H27ClN2O2. The van der Waals surface area contributed by atoms with Crippen molar-refractivity contribution in [2.75, 3.05) is 26.2 Å². The molecule has 1 aromatic rings. The largest absolute Gasteiger partial charge is 0.483 e.